The van der Waals surface area contributed by atoms with E-state index < -0.39 is 36.8 Å². The number of ether oxygens (including phenoxy) is 1. The maximum atomic E-state index is 11.5. The standard InChI is InChI=1S/C29H36O8/c1-20-7-12-25(24(15-20)16-22-10-8-21(9-11-22)13-14-30)28(35,18-31)26(33)27(34)29(36,19-32)37-17-23-5-3-2-4-6-23/h2-12,15,26-27,30-36H,13-14,16-19H2,1H3/t26-,27-,28-,29+/m0/s1. The Hall–Kier alpha value is -2.66. The highest BCUT2D eigenvalue weighted by Gasteiger charge is 2.51. The first kappa shape index (κ1) is 28.9. The molecule has 0 saturated heterocycles. The molecule has 8 heteroatoms. The molecular weight excluding hydrogens is 476 g/mol. The van der Waals surface area contributed by atoms with Crippen molar-refractivity contribution in [1.29, 1.82) is 0 Å². The van der Waals surface area contributed by atoms with Gasteiger partial charge in [0.2, 0.25) is 5.79 Å². The Labute approximate surface area is 216 Å². The smallest absolute Gasteiger partial charge is 0.219 e. The van der Waals surface area contributed by atoms with Crippen molar-refractivity contribution in [3.05, 3.63) is 106 Å². The van der Waals surface area contributed by atoms with Gasteiger partial charge in [0.05, 0.1) is 19.8 Å². The first-order valence-electron chi connectivity index (χ1n) is 12.2. The van der Waals surface area contributed by atoms with Crippen molar-refractivity contribution in [2.24, 2.45) is 0 Å². The van der Waals surface area contributed by atoms with E-state index in [2.05, 4.69) is 0 Å². The van der Waals surface area contributed by atoms with E-state index in [0.717, 1.165) is 16.7 Å². The average molecular weight is 513 g/mol. The molecule has 0 heterocycles. The second-order valence-corrected chi connectivity index (χ2v) is 9.38. The lowest BCUT2D eigenvalue weighted by atomic mass is 9.80. The van der Waals surface area contributed by atoms with Crippen LogP contribution in [0.4, 0.5) is 0 Å². The molecule has 0 saturated carbocycles. The number of aliphatic hydroxyl groups excluding tert-OH is 5. The summed E-state index contributed by atoms with van der Waals surface area (Å²) in [7, 11) is 0. The van der Waals surface area contributed by atoms with Crippen molar-refractivity contribution in [2.75, 3.05) is 19.8 Å². The third-order valence-electron chi connectivity index (χ3n) is 6.59. The van der Waals surface area contributed by atoms with E-state index in [1.165, 1.54) is 0 Å². The molecule has 8 nitrogen and oxygen atoms in total. The van der Waals surface area contributed by atoms with Gasteiger partial charge in [-0.1, -0.05) is 78.4 Å². The second-order valence-electron chi connectivity index (χ2n) is 9.38. The molecule has 4 atom stereocenters. The van der Waals surface area contributed by atoms with Gasteiger partial charge in [0, 0.05) is 6.61 Å². The highest BCUT2D eigenvalue weighted by atomic mass is 16.6. The van der Waals surface area contributed by atoms with Crippen molar-refractivity contribution in [2.45, 2.75) is 50.0 Å². The number of hydrogen-bond donors (Lipinski definition) is 7. The van der Waals surface area contributed by atoms with Gasteiger partial charge < -0.3 is 40.5 Å². The fourth-order valence-electron chi connectivity index (χ4n) is 4.32. The van der Waals surface area contributed by atoms with Crippen LogP contribution in [-0.4, -0.2) is 73.6 Å². The van der Waals surface area contributed by atoms with Gasteiger partial charge in [-0.2, -0.15) is 0 Å². The topological polar surface area (TPSA) is 151 Å². The maximum absolute atomic E-state index is 11.5. The summed E-state index contributed by atoms with van der Waals surface area (Å²) in [4.78, 5) is 0. The first-order chi connectivity index (χ1) is 17.7. The Balaban J connectivity index is 1.89. The van der Waals surface area contributed by atoms with Gasteiger partial charge >= 0.3 is 0 Å². The SMILES string of the molecule is Cc1ccc([C@@](O)(CO)[C@@H](O)[C@H](O)[C@@](O)(CO)OCc2ccccc2)c(Cc2ccc(CCO)cc2)c1. The Morgan fingerprint density at radius 2 is 1.41 bits per heavy atom. The molecule has 3 aromatic rings. The molecule has 0 aliphatic rings. The summed E-state index contributed by atoms with van der Waals surface area (Å²) in [5.74, 6) is -2.62. The second kappa shape index (κ2) is 12.7. The molecule has 3 rings (SSSR count). The van der Waals surface area contributed by atoms with Gasteiger partial charge in [0.25, 0.3) is 0 Å². The Morgan fingerprint density at radius 1 is 0.757 bits per heavy atom. The molecule has 0 radical (unpaired) electrons. The molecule has 3 aromatic carbocycles. The zero-order chi connectivity index (χ0) is 27.1. The predicted octanol–water partition coefficient (Wildman–Crippen LogP) is 0.920. The third kappa shape index (κ3) is 6.81. The number of aliphatic hydroxyl groups is 7. The van der Waals surface area contributed by atoms with E-state index in [4.69, 9.17) is 9.84 Å². The summed E-state index contributed by atoms with van der Waals surface area (Å²) in [6, 6.07) is 21.4. The van der Waals surface area contributed by atoms with Crippen LogP contribution in [0.5, 0.6) is 0 Å². The fourth-order valence-corrected chi connectivity index (χ4v) is 4.32. The van der Waals surface area contributed by atoms with Gasteiger partial charge in [-0.15, -0.1) is 0 Å². The number of rotatable bonds is 13. The molecular formula is C29H36O8. The highest BCUT2D eigenvalue weighted by Crippen LogP contribution is 2.34. The molecule has 0 spiro atoms. The summed E-state index contributed by atoms with van der Waals surface area (Å²) < 4.78 is 5.38. The molecule has 37 heavy (non-hydrogen) atoms. The van der Waals surface area contributed by atoms with E-state index in [1.807, 2.05) is 31.2 Å². The van der Waals surface area contributed by atoms with Crippen LogP contribution in [0, 0.1) is 6.92 Å². The average Bonchev–Trinajstić information content (AvgIpc) is 2.92. The zero-order valence-electron chi connectivity index (χ0n) is 20.9. The molecule has 0 aliphatic carbocycles. The lowest BCUT2D eigenvalue weighted by molar-refractivity contribution is -0.310. The molecule has 200 valence electrons. The summed E-state index contributed by atoms with van der Waals surface area (Å²) >= 11 is 0. The molecule has 7 N–H and O–H groups in total. The van der Waals surface area contributed by atoms with Crippen LogP contribution in [0.3, 0.4) is 0 Å². The minimum atomic E-state index is -2.62. The summed E-state index contributed by atoms with van der Waals surface area (Å²) in [6.07, 6.45) is -3.43. The van der Waals surface area contributed by atoms with Crippen LogP contribution in [0.15, 0.2) is 72.8 Å². The van der Waals surface area contributed by atoms with Crippen molar-refractivity contribution in [3.63, 3.8) is 0 Å². The van der Waals surface area contributed by atoms with E-state index >= 15 is 0 Å². The van der Waals surface area contributed by atoms with Gasteiger partial charge in [0.1, 0.15) is 17.8 Å². The summed E-state index contributed by atoms with van der Waals surface area (Å²) in [5, 5.41) is 73.5. The Bertz CT molecular complexity index is 1120. The quantitative estimate of drug-likeness (QED) is 0.167. The van der Waals surface area contributed by atoms with E-state index in [-0.39, 0.29) is 18.8 Å². The fraction of sp³-hybridized carbons (Fsp3) is 0.379. The van der Waals surface area contributed by atoms with Crippen molar-refractivity contribution in [3.8, 4) is 0 Å². The maximum Gasteiger partial charge on any atom is 0.219 e. The van der Waals surface area contributed by atoms with Gasteiger partial charge in [0.15, 0.2) is 0 Å². The molecule has 0 fully saturated rings. The molecule has 0 aliphatic heterocycles. The largest absolute Gasteiger partial charge is 0.396 e. The van der Waals surface area contributed by atoms with Crippen LogP contribution >= 0.6 is 0 Å². The lowest BCUT2D eigenvalue weighted by Crippen LogP contribution is -2.60. The third-order valence-corrected chi connectivity index (χ3v) is 6.59. The van der Waals surface area contributed by atoms with Gasteiger partial charge in [-0.05, 0) is 47.6 Å². The molecule has 0 amide bonds. The van der Waals surface area contributed by atoms with Crippen molar-refractivity contribution >= 4 is 0 Å². The van der Waals surface area contributed by atoms with Crippen LogP contribution in [-0.2, 0) is 29.8 Å². The highest BCUT2D eigenvalue weighted by molar-refractivity contribution is 5.41. The van der Waals surface area contributed by atoms with E-state index in [0.29, 0.717) is 24.0 Å². The van der Waals surface area contributed by atoms with Crippen molar-refractivity contribution in [1.82, 2.24) is 0 Å². The Morgan fingerprint density at radius 3 is 2.00 bits per heavy atom. The predicted molar refractivity (Wildman–Crippen MR) is 137 cm³/mol. The number of aryl methyl sites for hydroxylation is 1. The van der Waals surface area contributed by atoms with Crippen LogP contribution in [0.2, 0.25) is 0 Å². The van der Waals surface area contributed by atoms with E-state index in [1.54, 1.807) is 48.5 Å². The summed E-state index contributed by atoms with van der Waals surface area (Å²) in [6.45, 7) is -0.318. The molecule has 0 unspecified atom stereocenters. The number of benzene rings is 3. The van der Waals surface area contributed by atoms with Crippen molar-refractivity contribution < 1.29 is 40.5 Å². The Kier molecular flexibility index (Phi) is 9.94. The minimum Gasteiger partial charge on any atom is -0.396 e. The normalized spacial score (nSPS) is 16.5. The van der Waals surface area contributed by atoms with E-state index in [9.17, 15) is 30.6 Å². The van der Waals surface area contributed by atoms with Crippen LogP contribution in [0.1, 0.15) is 33.4 Å². The molecule has 0 aromatic heterocycles. The monoisotopic (exact) mass is 512 g/mol. The van der Waals surface area contributed by atoms with Crippen LogP contribution < -0.4 is 0 Å². The lowest BCUT2D eigenvalue weighted by Gasteiger charge is -2.41. The zero-order valence-corrected chi connectivity index (χ0v) is 20.9. The van der Waals surface area contributed by atoms with Crippen LogP contribution in [0.25, 0.3) is 0 Å². The van der Waals surface area contributed by atoms with Gasteiger partial charge in [-0.25, -0.2) is 0 Å². The summed E-state index contributed by atoms with van der Waals surface area (Å²) in [5.41, 5.74) is 1.76. The first-order valence-corrected chi connectivity index (χ1v) is 12.2. The van der Waals surface area contributed by atoms with Gasteiger partial charge in [-0.3, -0.25) is 0 Å². The number of hydrogen-bond acceptors (Lipinski definition) is 8. The molecule has 0 bridgehead atoms. The minimum absolute atomic E-state index is 0.0420.